The molecule has 0 bridgehead atoms. The van der Waals surface area contributed by atoms with Crippen molar-refractivity contribution in [1.29, 1.82) is 0 Å². The van der Waals surface area contributed by atoms with Gasteiger partial charge in [0, 0.05) is 19.0 Å². The number of benzene rings is 1. The summed E-state index contributed by atoms with van der Waals surface area (Å²) < 4.78 is 32.5. The van der Waals surface area contributed by atoms with Crippen molar-refractivity contribution in [2.24, 2.45) is 11.3 Å². The standard InChI is InChI=1S/C18H29NO3S/c1-18(2,3)11-13-23(20,21)19-12-7-8-16(14-19)15-22-17-9-5-4-6-10-17/h4-6,9-10,16H,7-8,11-15H2,1-3H3. The number of hydrogen-bond donors (Lipinski definition) is 0. The molecule has 1 aliphatic rings. The molecule has 0 aliphatic carbocycles. The van der Waals surface area contributed by atoms with Crippen LogP contribution in [0.25, 0.3) is 0 Å². The molecule has 130 valence electrons. The van der Waals surface area contributed by atoms with E-state index in [0.29, 0.717) is 26.1 Å². The average molecular weight is 340 g/mol. The van der Waals surface area contributed by atoms with E-state index in [1.807, 2.05) is 30.3 Å². The van der Waals surface area contributed by atoms with E-state index in [0.717, 1.165) is 18.6 Å². The zero-order valence-corrected chi connectivity index (χ0v) is 15.3. The zero-order chi connectivity index (χ0) is 16.9. The third-order valence-electron chi connectivity index (χ3n) is 4.21. The number of nitrogens with zero attached hydrogens (tertiary/aromatic N) is 1. The maximum atomic E-state index is 12.5. The van der Waals surface area contributed by atoms with Crippen LogP contribution in [0.2, 0.25) is 0 Å². The molecule has 1 saturated heterocycles. The Kier molecular flexibility index (Phi) is 6.09. The van der Waals surface area contributed by atoms with Gasteiger partial charge in [-0.3, -0.25) is 0 Å². The third-order valence-corrected chi connectivity index (χ3v) is 6.05. The second kappa shape index (κ2) is 7.67. The Labute approximate surface area is 140 Å². The fourth-order valence-electron chi connectivity index (χ4n) is 2.71. The highest BCUT2D eigenvalue weighted by molar-refractivity contribution is 7.89. The Morgan fingerprint density at radius 2 is 1.91 bits per heavy atom. The predicted octanol–water partition coefficient (Wildman–Crippen LogP) is 3.54. The average Bonchev–Trinajstić information content (AvgIpc) is 2.52. The van der Waals surface area contributed by atoms with Crippen LogP contribution in [0, 0.1) is 11.3 Å². The Morgan fingerprint density at radius 3 is 2.57 bits per heavy atom. The lowest BCUT2D eigenvalue weighted by atomic mass is 9.94. The SMILES string of the molecule is CC(C)(C)CCS(=O)(=O)N1CCCC(COc2ccccc2)C1. The molecule has 1 aromatic carbocycles. The first-order valence-electron chi connectivity index (χ1n) is 8.42. The molecule has 1 aliphatic heterocycles. The maximum Gasteiger partial charge on any atom is 0.214 e. The van der Waals surface area contributed by atoms with E-state index < -0.39 is 10.0 Å². The predicted molar refractivity (Wildman–Crippen MR) is 94.1 cm³/mol. The first-order valence-corrected chi connectivity index (χ1v) is 10.0. The van der Waals surface area contributed by atoms with Gasteiger partial charge in [-0.2, -0.15) is 0 Å². The van der Waals surface area contributed by atoms with E-state index in [-0.39, 0.29) is 17.1 Å². The van der Waals surface area contributed by atoms with Gasteiger partial charge in [0.05, 0.1) is 12.4 Å². The highest BCUT2D eigenvalue weighted by Crippen LogP contribution is 2.24. The first-order chi connectivity index (χ1) is 10.8. The smallest absolute Gasteiger partial charge is 0.214 e. The van der Waals surface area contributed by atoms with E-state index in [4.69, 9.17) is 4.74 Å². The molecule has 5 heteroatoms. The summed E-state index contributed by atoms with van der Waals surface area (Å²) >= 11 is 0. The van der Waals surface area contributed by atoms with E-state index >= 15 is 0 Å². The molecule has 0 amide bonds. The lowest BCUT2D eigenvalue weighted by molar-refractivity contribution is 0.180. The van der Waals surface area contributed by atoms with Crippen LogP contribution in [0.1, 0.15) is 40.0 Å². The van der Waals surface area contributed by atoms with Crippen molar-refractivity contribution in [1.82, 2.24) is 4.31 Å². The van der Waals surface area contributed by atoms with E-state index in [2.05, 4.69) is 20.8 Å². The largest absolute Gasteiger partial charge is 0.493 e. The lowest BCUT2D eigenvalue weighted by Crippen LogP contribution is -2.43. The van der Waals surface area contributed by atoms with Crippen LogP contribution in [0.4, 0.5) is 0 Å². The van der Waals surface area contributed by atoms with E-state index in [1.165, 1.54) is 0 Å². The Balaban J connectivity index is 1.87. The summed E-state index contributed by atoms with van der Waals surface area (Å²) in [6.07, 6.45) is 2.63. The van der Waals surface area contributed by atoms with Crippen LogP contribution in [0.5, 0.6) is 5.75 Å². The summed E-state index contributed by atoms with van der Waals surface area (Å²) in [7, 11) is -3.15. The Bertz CT molecular complexity index is 578. The molecule has 1 fully saturated rings. The number of para-hydroxylation sites is 1. The molecular formula is C18H29NO3S. The molecule has 1 atom stereocenters. The number of sulfonamides is 1. The molecule has 0 spiro atoms. The molecule has 0 radical (unpaired) electrons. The minimum atomic E-state index is -3.15. The third kappa shape index (κ3) is 6.15. The fraction of sp³-hybridized carbons (Fsp3) is 0.667. The molecule has 23 heavy (non-hydrogen) atoms. The van der Waals surface area contributed by atoms with E-state index in [9.17, 15) is 8.42 Å². The van der Waals surface area contributed by atoms with Gasteiger partial charge in [-0.1, -0.05) is 39.0 Å². The quantitative estimate of drug-likeness (QED) is 0.796. The lowest BCUT2D eigenvalue weighted by Gasteiger charge is -2.32. The maximum absolute atomic E-state index is 12.5. The van der Waals surface area contributed by atoms with Gasteiger partial charge in [-0.05, 0) is 36.8 Å². The van der Waals surface area contributed by atoms with Crippen LogP contribution in [-0.2, 0) is 10.0 Å². The van der Waals surface area contributed by atoms with Gasteiger partial charge in [-0.15, -0.1) is 0 Å². The molecule has 2 rings (SSSR count). The Hall–Kier alpha value is -1.07. The zero-order valence-electron chi connectivity index (χ0n) is 14.5. The summed E-state index contributed by atoms with van der Waals surface area (Å²) in [6.45, 7) is 8.04. The first kappa shape index (κ1) is 18.3. The van der Waals surface area contributed by atoms with Crippen molar-refractivity contribution in [2.75, 3.05) is 25.4 Å². The second-order valence-corrected chi connectivity index (χ2v) is 9.71. The summed E-state index contributed by atoms with van der Waals surface area (Å²) in [5, 5.41) is 0. The van der Waals surface area contributed by atoms with Gasteiger partial charge >= 0.3 is 0 Å². The van der Waals surface area contributed by atoms with Gasteiger partial charge in [0.15, 0.2) is 0 Å². The summed E-state index contributed by atoms with van der Waals surface area (Å²) in [6, 6.07) is 9.71. The van der Waals surface area contributed by atoms with Crippen molar-refractivity contribution < 1.29 is 13.2 Å². The van der Waals surface area contributed by atoms with Gasteiger partial charge in [0.2, 0.25) is 10.0 Å². The van der Waals surface area contributed by atoms with Gasteiger partial charge < -0.3 is 4.74 Å². The van der Waals surface area contributed by atoms with Crippen LogP contribution < -0.4 is 4.74 Å². The molecular weight excluding hydrogens is 310 g/mol. The van der Waals surface area contributed by atoms with Gasteiger partial charge in [0.25, 0.3) is 0 Å². The van der Waals surface area contributed by atoms with Crippen molar-refractivity contribution >= 4 is 10.0 Å². The normalized spacial score (nSPS) is 20.4. The molecule has 1 unspecified atom stereocenters. The molecule has 1 aromatic rings. The summed E-state index contributed by atoms with van der Waals surface area (Å²) in [5.74, 6) is 1.36. The van der Waals surface area contributed by atoms with Crippen molar-refractivity contribution in [3.63, 3.8) is 0 Å². The molecule has 0 aromatic heterocycles. The van der Waals surface area contributed by atoms with Crippen molar-refractivity contribution in [3.05, 3.63) is 30.3 Å². The van der Waals surface area contributed by atoms with E-state index in [1.54, 1.807) is 4.31 Å². The number of rotatable bonds is 6. The molecule has 0 N–H and O–H groups in total. The fourth-order valence-corrected chi connectivity index (χ4v) is 4.68. The van der Waals surface area contributed by atoms with Crippen LogP contribution in [-0.4, -0.2) is 38.2 Å². The number of piperidine rings is 1. The van der Waals surface area contributed by atoms with Crippen LogP contribution >= 0.6 is 0 Å². The number of hydrogen-bond acceptors (Lipinski definition) is 3. The van der Waals surface area contributed by atoms with Crippen LogP contribution in [0.15, 0.2) is 30.3 Å². The molecule has 1 heterocycles. The van der Waals surface area contributed by atoms with Gasteiger partial charge in [0.1, 0.15) is 5.75 Å². The minimum Gasteiger partial charge on any atom is -0.493 e. The monoisotopic (exact) mass is 339 g/mol. The molecule has 4 nitrogen and oxygen atoms in total. The molecule has 0 saturated carbocycles. The number of ether oxygens (including phenoxy) is 1. The summed E-state index contributed by atoms with van der Waals surface area (Å²) in [5.41, 5.74) is 0.0404. The van der Waals surface area contributed by atoms with Crippen molar-refractivity contribution in [2.45, 2.75) is 40.0 Å². The Morgan fingerprint density at radius 1 is 1.22 bits per heavy atom. The second-order valence-electron chi connectivity index (χ2n) is 7.62. The minimum absolute atomic E-state index is 0.0404. The highest BCUT2D eigenvalue weighted by Gasteiger charge is 2.30. The highest BCUT2D eigenvalue weighted by atomic mass is 32.2. The van der Waals surface area contributed by atoms with Crippen molar-refractivity contribution in [3.8, 4) is 5.75 Å². The summed E-state index contributed by atoms with van der Waals surface area (Å²) in [4.78, 5) is 0. The topological polar surface area (TPSA) is 46.6 Å². The van der Waals surface area contributed by atoms with Crippen LogP contribution in [0.3, 0.4) is 0 Å². The van der Waals surface area contributed by atoms with Gasteiger partial charge in [-0.25, -0.2) is 12.7 Å².